The topological polar surface area (TPSA) is 3.24 Å². The summed E-state index contributed by atoms with van der Waals surface area (Å²) in [6.07, 6.45) is 5.30. The fourth-order valence-electron chi connectivity index (χ4n) is 6.55. The van der Waals surface area contributed by atoms with E-state index in [4.69, 9.17) is 0 Å². The Bertz CT molecular complexity index is 964. The summed E-state index contributed by atoms with van der Waals surface area (Å²) in [5.41, 5.74) is 6.13. The second-order valence-electron chi connectivity index (χ2n) is 8.84. The first kappa shape index (κ1) is 16.4. The largest absolute Gasteiger partial charge is 0.360 e. The molecule has 3 aromatic rings. The molecule has 1 saturated carbocycles. The molecule has 6 rings (SSSR count). The van der Waals surface area contributed by atoms with Crippen molar-refractivity contribution in [3.05, 3.63) is 102 Å². The highest BCUT2D eigenvalue weighted by atomic mass is 15.2. The third-order valence-corrected chi connectivity index (χ3v) is 7.58. The molecular formula is C27H27N. The monoisotopic (exact) mass is 365 g/mol. The summed E-state index contributed by atoms with van der Waals surface area (Å²) in [6, 6.07) is 33.0. The van der Waals surface area contributed by atoms with Gasteiger partial charge >= 0.3 is 0 Å². The second-order valence-corrected chi connectivity index (χ2v) is 8.84. The third-order valence-electron chi connectivity index (χ3n) is 7.58. The fraction of sp³-hybridized carbons (Fsp3) is 0.333. The highest BCUT2D eigenvalue weighted by molar-refractivity contribution is 5.65. The molecule has 1 saturated heterocycles. The van der Waals surface area contributed by atoms with E-state index in [1.165, 1.54) is 36.9 Å². The Balaban J connectivity index is 1.52. The van der Waals surface area contributed by atoms with Crippen molar-refractivity contribution < 1.29 is 0 Å². The van der Waals surface area contributed by atoms with Gasteiger partial charge in [0.25, 0.3) is 0 Å². The van der Waals surface area contributed by atoms with Crippen LogP contribution in [-0.4, -0.2) is 6.04 Å². The van der Waals surface area contributed by atoms with E-state index in [1.54, 1.807) is 11.1 Å². The van der Waals surface area contributed by atoms with Crippen LogP contribution in [0.15, 0.2) is 84.9 Å². The van der Waals surface area contributed by atoms with Crippen LogP contribution in [0.3, 0.4) is 0 Å². The van der Waals surface area contributed by atoms with Gasteiger partial charge in [-0.15, -0.1) is 0 Å². The van der Waals surface area contributed by atoms with Crippen LogP contribution in [0.2, 0.25) is 0 Å². The normalized spacial score (nSPS) is 30.6. The van der Waals surface area contributed by atoms with Crippen LogP contribution >= 0.6 is 0 Å². The van der Waals surface area contributed by atoms with Gasteiger partial charge in [0.05, 0.1) is 6.04 Å². The van der Waals surface area contributed by atoms with E-state index in [2.05, 4.69) is 89.8 Å². The molecule has 2 fully saturated rings. The molecule has 2 aliphatic heterocycles. The quantitative estimate of drug-likeness (QED) is 0.489. The van der Waals surface area contributed by atoms with Crippen molar-refractivity contribution in [2.75, 3.05) is 4.90 Å². The lowest BCUT2D eigenvalue weighted by atomic mass is 9.64. The summed E-state index contributed by atoms with van der Waals surface area (Å²) in [6.45, 7) is 0. The average molecular weight is 366 g/mol. The molecule has 0 amide bonds. The minimum absolute atomic E-state index is 0.469. The first-order chi connectivity index (χ1) is 13.9. The predicted octanol–water partition coefficient (Wildman–Crippen LogP) is 6.69. The highest BCUT2D eigenvalue weighted by Crippen LogP contribution is 2.60. The van der Waals surface area contributed by atoms with Crippen molar-refractivity contribution in [1.82, 2.24) is 0 Å². The molecule has 0 spiro atoms. The molecule has 0 radical (unpaired) electrons. The van der Waals surface area contributed by atoms with Gasteiger partial charge in [0, 0.05) is 17.6 Å². The minimum atomic E-state index is 0.469. The summed E-state index contributed by atoms with van der Waals surface area (Å²) < 4.78 is 0. The smallest absolute Gasteiger partial charge is 0.0551 e. The van der Waals surface area contributed by atoms with Gasteiger partial charge in [0.1, 0.15) is 0 Å². The van der Waals surface area contributed by atoms with Crippen LogP contribution < -0.4 is 4.90 Å². The fourth-order valence-corrected chi connectivity index (χ4v) is 6.55. The summed E-state index contributed by atoms with van der Waals surface area (Å²) in [4.78, 5) is 2.83. The molecule has 0 aromatic heterocycles. The Kier molecular flexibility index (Phi) is 3.82. The van der Waals surface area contributed by atoms with E-state index < -0.39 is 0 Å². The molecule has 3 aliphatic rings. The van der Waals surface area contributed by atoms with Crippen LogP contribution in [0.5, 0.6) is 0 Å². The van der Waals surface area contributed by atoms with Gasteiger partial charge in [-0.2, -0.15) is 0 Å². The molecule has 0 N–H and O–H groups in total. The zero-order valence-corrected chi connectivity index (χ0v) is 16.2. The zero-order valence-electron chi connectivity index (χ0n) is 16.2. The lowest BCUT2D eigenvalue weighted by Gasteiger charge is -2.52. The van der Waals surface area contributed by atoms with Gasteiger partial charge in [-0.1, -0.05) is 85.3 Å². The molecule has 3 aromatic carbocycles. The van der Waals surface area contributed by atoms with Crippen LogP contribution in [0.25, 0.3) is 0 Å². The molecule has 5 unspecified atom stereocenters. The summed E-state index contributed by atoms with van der Waals surface area (Å²) in [5, 5.41) is 0. The summed E-state index contributed by atoms with van der Waals surface area (Å²) in [5.74, 6) is 2.12. The van der Waals surface area contributed by atoms with Gasteiger partial charge in [-0.05, 0) is 53.9 Å². The van der Waals surface area contributed by atoms with Crippen LogP contribution in [0, 0.1) is 5.92 Å². The Morgan fingerprint density at radius 3 is 2.11 bits per heavy atom. The number of nitrogens with zero attached hydrogens (tertiary/aromatic N) is 1. The van der Waals surface area contributed by atoms with Gasteiger partial charge in [0.2, 0.25) is 0 Å². The number of piperidine rings is 1. The second kappa shape index (κ2) is 6.51. The Morgan fingerprint density at radius 1 is 0.643 bits per heavy atom. The Hall–Kier alpha value is -2.54. The number of para-hydroxylation sites is 1. The number of hydrogen-bond donors (Lipinski definition) is 0. The maximum Gasteiger partial charge on any atom is 0.0551 e. The van der Waals surface area contributed by atoms with E-state index in [9.17, 15) is 0 Å². The molecular weight excluding hydrogens is 338 g/mol. The van der Waals surface area contributed by atoms with Crippen molar-refractivity contribution >= 4 is 5.69 Å². The molecule has 1 nitrogen and oxygen atoms in total. The van der Waals surface area contributed by atoms with E-state index in [-0.39, 0.29) is 0 Å². The van der Waals surface area contributed by atoms with Crippen molar-refractivity contribution in [2.24, 2.45) is 5.92 Å². The Morgan fingerprint density at radius 2 is 1.32 bits per heavy atom. The van der Waals surface area contributed by atoms with Gasteiger partial charge in [0.15, 0.2) is 0 Å². The van der Waals surface area contributed by atoms with Crippen molar-refractivity contribution in [3.8, 4) is 0 Å². The molecule has 1 aliphatic carbocycles. The average Bonchev–Trinajstić information content (AvgIpc) is 3.12. The lowest BCUT2D eigenvalue weighted by molar-refractivity contribution is 0.176. The van der Waals surface area contributed by atoms with Crippen molar-refractivity contribution in [3.63, 3.8) is 0 Å². The van der Waals surface area contributed by atoms with Gasteiger partial charge < -0.3 is 4.90 Å². The summed E-state index contributed by atoms with van der Waals surface area (Å²) >= 11 is 0. The van der Waals surface area contributed by atoms with Crippen LogP contribution in [0.4, 0.5) is 5.69 Å². The molecule has 5 atom stereocenters. The first-order valence-electron chi connectivity index (χ1n) is 10.9. The minimum Gasteiger partial charge on any atom is -0.360 e. The molecule has 2 heterocycles. The molecule has 1 heteroatoms. The number of rotatable bonds is 2. The predicted molar refractivity (Wildman–Crippen MR) is 116 cm³/mol. The highest BCUT2D eigenvalue weighted by Gasteiger charge is 2.53. The SMILES string of the molecule is c1ccc(C2CC(c3ccccc3)N3c4ccccc4C4CCCC2C43)cc1. The van der Waals surface area contributed by atoms with Crippen LogP contribution in [-0.2, 0) is 0 Å². The molecule has 0 bridgehead atoms. The standard InChI is InChI=1S/C27H27N/c1-3-10-19(11-4-1)24-18-26(20-12-5-2-6-13-20)28-25-17-8-7-14-21(25)22-15-9-16-23(24)27(22)28/h1-8,10-14,17,22-24,26-27H,9,15-16,18H2. The van der Waals surface area contributed by atoms with Gasteiger partial charge in [-0.25, -0.2) is 0 Å². The van der Waals surface area contributed by atoms with E-state index in [0.717, 1.165) is 5.92 Å². The van der Waals surface area contributed by atoms with E-state index >= 15 is 0 Å². The molecule has 28 heavy (non-hydrogen) atoms. The number of hydrogen-bond acceptors (Lipinski definition) is 1. The zero-order chi connectivity index (χ0) is 18.5. The maximum absolute atomic E-state index is 2.83. The maximum atomic E-state index is 2.83. The first-order valence-corrected chi connectivity index (χ1v) is 10.9. The number of benzene rings is 3. The van der Waals surface area contributed by atoms with Crippen molar-refractivity contribution in [2.45, 2.75) is 49.6 Å². The van der Waals surface area contributed by atoms with Gasteiger partial charge in [-0.3, -0.25) is 0 Å². The Labute approximate surface area is 168 Å². The van der Waals surface area contributed by atoms with E-state index in [1.807, 2.05) is 0 Å². The number of anilines is 1. The van der Waals surface area contributed by atoms with E-state index in [0.29, 0.717) is 23.9 Å². The summed E-state index contributed by atoms with van der Waals surface area (Å²) in [7, 11) is 0. The third kappa shape index (κ3) is 2.38. The lowest BCUT2D eigenvalue weighted by Crippen LogP contribution is -2.51. The van der Waals surface area contributed by atoms with Crippen molar-refractivity contribution in [1.29, 1.82) is 0 Å². The van der Waals surface area contributed by atoms with Crippen LogP contribution in [0.1, 0.15) is 60.3 Å². The molecule has 140 valence electrons. The number of fused-ring (bicyclic) bond motifs is 3.